The molecule has 1 aromatic heterocycles. The smallest absolute Gasteiger partial charge is 0.412 e. The van der Waals surface area contributed by atoms with Gasteiger partial charge in [0, 0.05) is 5.56 Å². The second kappa shape index (κ2) is 9.84. The average Bonchev–Trinajstić information content (AvgIpc) is 3.63. The Labute approximate surface area is 213 Å². The maximum absolute atomic E-state index is 12.5. The largest absolute Gasteiger partial charge is 0.468 e. The van der Waals surface area contributed by atoms with Crippen LogP contribution in [0.5, 0.6) is 0 Å². The topological polar surface area (TPSA) is 77.5 Å². The molecule has 36 heavy (non-hydrogen) atoms. The third kappa shape index (κ3) is 4.95. The lowest BCUT2D eigenvalue weighted by Crippen LogP contribution is -2.15. The van der Waals surface area contributed by atoms with Crippen LogP contribution in [0.1, 0.15) is 29.7 Å². The minimum Gasteiger partial charge on any atom is -0.468 e. The normalized spacial score (nSPS) is 13.4. The highest BCUT2D eigenvalue weighted by molar-refractivity contribution is 7.10. The molecule has 0 spiro atoms. The molecule has 0 atom stereocenters. The number of carbonyl (C=O) groups excluding carboxylic acids is 2. The molecule has 1 aliphatic rings. The number of carbonyl (C=O) groups is 2. The van der Waals surface area contributed by atoms with Crippen LogP contribution < -0.4 is 5.32 Å². The van der Waals surface area contributed by atoms with Gasteiger partial charge in [-0.25, -0.2) is 4.79 Å². The maximum atomic E-state index is 12.5. The first-order valence-corrected chi connectivity index (χ1v) is 12.3. The molecule has 180 valence electrons. The Bertz CT molecular complexity index is 1510. The lowest BCUT2D eigenvalue weighted by atomic mass is 10.0. The monoisotopic (exact) mass is 496 g/mol. The quantitative estimate of drug-likeness (QED) is 0.258. The van der Waals surface area contributed by atoms with Crippen LogP contribution >= 0.6 is 11.5 Å². The van der Waals surface area contributed by atoms with Gasteiger partial charge >= 0.3 is 12.1 Å². The van der Waals surface area contributed by atoms with Gasteiger partial charge in [0.15, 0.2) is 0 Å². The van der Waals surface area contributed by atoms with Gasteiger partial charge < -0.3 is 9.47 Å². The van der Waals surface area contributed by atoms with Crippen LogP contribution in [0, 0.1) is 24.2 Å². The van der Waals surface area contributed by atoms with Crippen LogP contribution in [0.25, 0.3) is 21.2 Å². The number of rotatable bonds is 5. The molecule has 1 amide bonds. The van der Waals surface area contributed by atoms with Crippen LogP contribution in [0.2, 0.25) is 0 Å². The molecule has 3 aromatic carbocycles. The summed E-state index contributed by atoms with van der Waals surface area (Å²) in [4.78, 5) is 25.3. The second-order valence-electron chi connectivity index (χ2n) is 8.76. The zero-order valence-corrected chi connectivity index (χ0v) is 20.8. The summed E-state index contributed by atoms with van der Waals surface area (Å²) in [7, 11) is 1.40. The molecule has 6 nitrogen and oxygen atoms in total. The van der Waals surface area contributed by atoms with Crippen molar-refractivity contribution in [1.29, 1.82) is 0 Å². The van der Waals surface area contributed by atoms with Crippen molar-refractivity contribution in [3.05, 3.63) is 83.6 Å². The SMILES string of the molecule is COC(=O)C1(C#Cc2ccc3cc(-c4snc(C)c4NC(=O)OCc4ccccc4)ccc3c2)CC1. The highest BCUT2D eigenvalue weighted by atomic mass is 32.1. The second-order valence-corrected chi connectivity index (χ2v) is 9.53. The van der Waals surface area contributed by atoms with Crippen molar-refractivity contribution in [2.45, 2.75) is 26.4 Å². The van der Waals surface area contributed by atoms with Crippen molar-refractivity contribution in [1.82, 2.24) is 4.37 Å². The van der Waals surface area contributed by atoms with Gasteiger partial charge in [0.2, 0.25) is 0 Å². The molecular weight excluding hydrogens is 472 g/mol. The first-order chi connectivity index (χ1) is 17.5. The van der Waals surface area contributed by atoms with Crippen molar-refractivity contribution >= 4 is 40.1 Å². The van der Waals surface area contributed by atoms with Gasteiger partial charge in [-0.15, -0.1) is 0 Å². The Morgan fingerprint density at radius 3 is 2.56 bits per heavy atom. The van der Waals surface area contributed by atoms with Gasteiger partial charge in [0.1, 0.15) is 12.0 Å². The number of hydrogen-bond donors (Lipinski definition) is 1. The molecule has 1 aliphatic carbocycles. The lowest BCUT2D eigenvalue weighted by Gasteiger charge is -2.09. The van der Waals surface area contributed by atoms with E-state index in [0.29, 0.717) is 5.69 Å². The Morgan fingerprint density at radius 2 is 1.81 bits per heavy atom. The molecule has 1 fully saturated rings. The molecule has 4 aromatic rings. The third-order valence-electron chi connectivity index (χ3n) is 6.18. The van der Waals surface area contributed by atoms with Crippen molar-refractivity contribution in [3.63, 3.8) is 0 Å². The first-order valence-electron chi connectivity index (χ1n) is 11.6. The molecule has 1 N–H and O–H groups in total. The molecular formula is C29H24N2O4S. The highest BCUT2D eigenvalue weighted by Crippen LogP contribution is 2.46. The summed E-state index contributed by atoms with van der Waals surface area (Å²) >= 11 is 1.33. The molecule has 0 aliphatic heterocycles. The van der Waals surface area contributed by atoms with Gasteiger partial charge in [-0.05, 0) is 71.4 Å². The van der Waals surface area contributed by atoms with Crippen LogP contribution in [0.15, 0.2) is 66.7 Å². The van der Waals surface area contributed by atoms with E-state index in [1.165, 1.54) is 18.6 Å². The van der Waals surface area contributed by atoms with Crippen molar-refractivity contribution in [2.75, 3.05) is 12.4 Å². The molecule has 1 heterocycles. The van der Waals surface area contributed by atoms with Gasteiger partial charge in [-0.2, -0.15) is 4.37 Å². The van der Waals surface area contributed by atoms with E-state index < -0.39 is 11.5 Å². The summed E-state index contributed by atoms with van der Waals surface area (Å²) in [6, 6.07) is 21.6. The van der Waals surface area contributed by atoms with E-state index in [2.05, 4.69) is 27.6 Å². The third-order valence-corrected chi connectivity index (χ3v) is 7.16. The van der Waals surface area contributed by atoms with Gasteiger partial charge in [-0.3, -0.25) is 10.1 Å². The number of nitrogens with zero attached hydrogens (tertiary/aromatic N) is 1. The fourth-order valence-corrected chi connectivity index (χ4v) is 4.77. The van der Waals surface area contributed by atoms with Crippen LogP contribution in [0.3, 0.4) is 0 Å². The predicted octanol–water partition coefficient (Wildman–Crippen LogP) is 6.33. The number of fused-ring (bicyclic) bond motifs is 1. The van der Waals surface area contributed by atoms with E-state index in [1.807, 2.05) is 67.6 Å². The van der Waals surface area contributed by atoms with E-state index in [9.17, 15) is 9.59 Å². The Hall–Kier alpha value is -4.15. The molecule has 7 heteroatoms. The van der Waals surface area contributed by atoms with E-state index >= 15 is 0 Å². The standard InChI is InChI=1S/C29H24N2O4S/c1-19-25(30-28(33)35-18-21-6-4-3-5-7-21)26(36-31-19)24-11-10-22-16-20(8-9-23(22)17-24)12-13-29(14-15-29)27(32)34-2/h3-11,16-17H,14-15,18H2,1-2H3,(H,30,33). The minimum absolute atomic E-state index is 0.195. The summed E-state index contributed by atoms with van der Waals surface area (Å²) in [6.45, 7) is 2.06. The Morgan fingerprint density at radius 1 is 1.06 bits per heavy atom. The zero-order chi connectivity index (χ0) is 25.1. The predicted molar refractivity (Wildman–Crippen MR) is 141 cm³/mol. The molecule has 0 unspecified atom stereocenters. The summed E-state index contributed by atoms with van der Waals surface area (Å²) in [5.41, 5.74) is 3.47. The summed E-state index contributed by atoms with van der Waals surface area (Å²) in [5.74, 6) is 5.99. The number of anilines is 1. The van der Waals surface area contributed by atoms with Crippen LogP contribution in [-0.4, -0.2) is 23.5 Å². The number of benzene rings is 3. The van der Waals surface area contributed by atoms with E-state index in [0.717, 1.165) is 50.9 Å². The average molecular weight is 497 g/mol. The molecule has 0 saturated heterocycles. The lowest BCUT2D eigenvalue weighted by molar-refractivity contribution is -0.144. The highest BCUT2D eigenvalue weighted by Gasteiger charge is 2.50. The Kier molecular flexibility index (Phi) is 6.45. The van der Waals surface area contributed by atoms with Crippen LogP contribution in [0.4, 0.5) is 10.5 Å². The van der Waals surface area contributed by atoms with E-state index in [4.69, 9.17) is 9.47 Å². The fourth-order valence-electron chi connectivity index (χ4n) is 3.93. The number of esters is 1. The number of amides is 1. The minimum atomic E-state index is -0.636. The van der Waals surface area contributed by atoms with Gasteiger partial charge in [-0.1, -0.05) is 60.4 Å². The number of nitrogens with one attached hydrogen (secondary N) is 1. The Balaban J connectivity index is 1.34. The number of ether oxygens (including phenoxy) is 2. The molecule has 5 rings (SSSR count). The van der Waals surface area contributed by atoms with Crippen molar-refractivity contribution < 1.29 is 19.1 Å². The summed E-state index contributed by atoms with van der Waals surface area (Å²) in [5, 5.41) is 4.94. The van der Waals surface area contributed by atoms with Gasteiger partial charge in [0.25, 0.3) is 0 Å². The fraction of sp³-hybridized carbons (Fsp3) is 0.207. The zero-order valence-electron chi connectivity index (χ0n) is 20.0. The number of aryl methyl sites for hydroxylation is 1. The number of aromatic nitrogens is 1. The number of methoxy groups -OCH3 is 1. The molecule has 0 bridgehead atoms. The van der Waals surface area contributed by atoms with Crippen molar-refractivity contribution in [2.24, 2.45) is 5.41 Å². The molecule has 1 saturated carbocycles. The van der Waals surface area contributed by atoms with Crippen LogP contribution in [-0.2, 0) is 20.9 Å². The van der Waals surface area contributed by atoms with E-state index in [1.54, 1.807) is 0 Å². The maximum Gasteiger partial charge on any atom is 0.412 e. The summed E-state index contributed by atoms with van der Waals surface area (Å²) in [6.07, 6.45) is 0.968. The molecule has 0 radical (unpaired) electrons. The van der Waals surface area contributed by atoms with Gasteiger partial charge in [0.05, 0.1) is 23.4 Å². The van der Waals surface area contributed by atoms with Crippen molar-refractivity contribution in [3.8, 4) is 22.3 Å². The van der Waals surface area contributed by atoms with E-state index in [-0.39, 0.29) is 12.6 Å². The first kappa shape index (κ1) is 23.6. The number of hydrogen-bond acceptors (Lipinski definition) is 6. The summed E-state index contributed by atoms with van der Waals surface area (Å²) < 4.78 is 14.7.